The molecule has 0 aliphatic carbocycles. The molecule has 0 N–H and O–H groups in total. The summed E-state index contributed by atoms with van der Waals surface area (Å²) in [6, 6.07) is 21.4. The third kappa shape index (κ3) is 4.28. The van der Waals surface area contributed by atoms with Crippen molar-refractivity contribution in [1.82, 2.24) is 19.6 Å². The third-order valence-electron chi connectivity index (χ3n) is 6.42. The van der Waals surface area contributed by atoms with Gasteiger partial charge in [0.25, 0.3) is 5.91 Å². The lowest BCUT2D eigenvalue weighted by atomic mass is 10.1. The van der Waals surface area contributed by atoms with E-state index in [4.69, 9.17) is 19.0 Å². The molecule has 0 bridgehead atoms. The van der Waals surface area contributed by atoms with Crippen LogP contribution in [0.2, 0.25) is 0 Å². The van der Waals surface area contributed by atoms with Crippen LogP contribution in [-0.2, 0) is 6.54 Å². The van der Waals surface area contributed by atoms with Crippen LogP contribution in [0, 0.1) is 6.92 Å². The summed E-state index contributed by atoms with van der Waals surface area (Å²) >= 11 is 0. The van der Waals surface area contributed by atoms with Crippen molar-refractivity contribution in [3.05, 3.63) is 83.7 Å². The minimum absolute atomic E-state index is 0.0291. The highest BCUT2D eigenvalue weighted by Crippen LogP contribution is 2.33. The predicted octanol–water partition coefficient (Wildman–Crippen LogP) is 4.13. The summed E-state index contributed by atoms with van der Waals surface area (Å²) in [7, 11) is 0. The van der Waals surface area contributed by atoms with Crippen LogP contribution >= 0.6 is 0 Å². The van der Waals surface area contributed by atoms with Gasteiger partial charge in [0.05, 0.1) is 5.69 Å². The van der Waals surface area contributed by atoms with Gasteiger partial charge in [0, 0.05) is 38.8 Å². The number of rotatable bonds is 5. The van der Waals surface area contributed by atoms with E-state index in [9.17, 15) is 4.79 Å². The topological polar surface area (TPSA) is 73.0 Å². The van der Waals surface area contributed by atoms with E-state index in [-0.39, 0.29) is 12.7 Å². The summed E-state index contributed by atoms with van der Waals surface area (Å²) in [5.74, 6) is 3.02. The summed E-state index contributed by atoms with van der Waals surface area (Å²) in [4.78, 5) is 17.9. The second kappa shape index (κ2) is 8.96. The van der Waals surface area contributed by atoms with E-state index in [1.165, 1.54) is 5.56 Å². The zero-order valence-corrected chi connectivity index (χ0v) is 19.5. The van der Waals surface area contributed by atoms with Crippen molar-refractivity contribution in [3.63, 3.8) is 0 Å². The molecule has 8 nitrogen and oxygen atoms in total. The third-order valence-corrected chi connectivity index (χ3v) is 6.42. The number of fused-ring (bicyclic) bond motifs is 1. The Morgan fingerprint density at radius 1 is 0.914 bits per heavy atom. The van der Waals surface area contributed by atoms with Gasteiger partial charge < -0.3 is 18.8 Å². The minimum atomic E-state index is -0.0291. The molecule has 8 heteroatoms. The molecule has 0 radical (unpaired) electrons. The van der Waals surface area contributed by atoms with Crippen LogP contribution in [0.3, 0.4) is 0 Å². The zero-order chi connectivity index (χ0) is 23.8. The van der Waals surface area contributed by atoms with Crippen LogP contribution in [0.4, 0.5) is 0 Å². The first kappa shape index (κ1) is 21.5. The molecule has 2 aliphatic heterocycles. The molecule has 2 aromatic heterocycles. The Bertz CT molecular complexity index is 1350. The zero-order valence-electron chi connectivity index (χ0n) is 19.5. The average molecular weight is 471 g/mol. The summed E-state index contributed by atoms with van der Waals surface area (Å²) in [6.07, 6.45) is 0. The van der Waals surface area contributed by atoms with Crippen LogP contribution in [-0.4, -0.2) is 58.5 Å². The van der Waals surface area contributed by atoms with Crippen molar-refractivity contribution in [2.75, 3.05) is 33.0 Å². The van der Waals surface area contributed by atoms with Crippen molar-refractivity contribution in [2.24, 2.45) is 0 Å². The average Bonchev–Trinajstić information content (AvgIpc) is 3.64. The molecular weight excluding hydrogens is 444 g/mol. The number of hydrogen-bond donors (Lipinski definition) is 0. The van der Waals surface area contributed by atoms with Crippen molar-refractivity contribution in [1.29, 1.82) is 0 Å². The molecule has 1 amide bonds. The highest BCUT2D eigenvalue weighted by molar-refractivity contribution is 5.94. The number of nitrogens with zero attached hydrogens (tertiary/aromatic N) is 4. The molecule has 0 atom stereocenters. The number of carbonyl (C=O) groups excluding carboxylic acids is 1. The summed E-state index contributed by atoms with van der Waals surface area (Å²) < 4.78 is 18.4. The van der Waals surface area contributed by atoms with Gasteiger partial charge in [-0.25, -0.2) is 4.68 Å². The Labute approximate surface area is 203 Å². The van der Waals surface area contributed by atoms with Gasteiger partial charge >= 0.3 is 0 Å². The normalized spacial score (nSPS) is 15.5. The number of aromatic nitrogens is 2. The fraction of sp³-hybridized carbons (Fsp3) is 0.259. The highest BCUT2D eigenvalue weighted by atomic mass is 16.7. The Balaban J connectivity index is 1.19. The van der Waals surface area contributed by atoms with Crippen LogP contribution in [0.5, 0.6) is 11.5 Å². The van der Waals surface area contributed by atoms with E-state index in [2.05, 4.69) is 11.0 Å². The molecule has 35 heavy (non-hydrogen) atoms. The van der Waals surface area contributed by atoms with Crippen molar-refractivity contribution < 1.29 is 18.7 Å². The Morgan fingerprint density at radius 3 is 2.49 bits per heavy atom. The second-order valence-corrected chi connectivity index (χ2v) is 8.83. The molecule has 6 rings (SSSR count). The van der Waals surface area contributed by atoms with Crippen LogP contribution in [0.1, 0.15) is 21.8 Å². The van der Waals surface area contributed by atoms with Gasteiger partial charge in [-0.3, -0.25) is 9.69 Å². The number of carbonyl (C=O) groups is 1. The minimum Gasteiger partial charge on any atom is -0.460 e. The molecule has 178 valence electrons. The number of amides is 1. The van der Waals surface area contributed by atoms with Gasteiger partial charge in [-0.1, -0.05) is 24.3 Å². The van der Waals surface area contributed by atoms with Crippen LogP contribution in [0.15, 0.2) is 71.1 Å². The Kier molecular flexibility index (Phi) is 5.50. The van der Waals surface area contributed by atoms with Crippen molar-refractivity contribution in [3.8, 4) is 28.6 Å². The fourth-order valence-corrected chi connectivity index (χ4v) is 4.56. The highest BCUT2D eigenvalue weighted by Gasteiger charge is 2.27. The van der Waals surface area contributed by atoms with E-state index in [0.717, 1.165) is 42.6 Å². The molecule has 4 aromatic rings. The molecule has 2 aliphatic rings. The molecule has 4 heterocycles. The first-order valence-corrected chi connectivity index (χ1v) is 11.8. The quantitative estimate of drug-likeness (QED) is 0.437. The maximum Gasteiger partial charge on any atom is 0.272 e. The second-order valence-electron chi connectivity index (χ2n) is 8.83. The van der Waals surface area contributed by atoms with E-state index in [1.54, 1.807) is 4.68 Å². The van der Waals surface area contributed by atoms with Crippen molar-refractivity contribution in [2.45, 2.75) is 13.5 Å². The van der Waals surface area contributed by atoms with Crippen LogP contribution in [0.25, 0.3) is 17.1 Å². The lowest BCUT2D eigenvalue weighted by Gasteiger charge is -2.34. The first-order valence-electron chi connectivity index (χ1n) is 11.8. The number of piperazine rings is 1. The molecule has 0 unspecified atom stereocenters. The molecular formula is C27H26N4O4. The number of furan rings is 1. The van der Waals surface area contributed by atoms with Crippen molar-refractivity contribution >= 4 is 5.91 Å². The maximum atomic E-state index is 13.6. The van der Waals surface area contributed by atoms with Crippen LogP contribution < -0.4 is 9.47 Å². The largest absolute Gasteiger partial charge is 0.460 e. The van der Waals surface area contributed by atoms with Gasteiger partial charge in [-0.05, 0) is 48.9 Å². The number of hydrogen-bond acceptors (Lipinski definition) is 6. The van der Waals surface area contributed by atoms with Gasteiger partial charge in [0.2, 0.25) is 6.79 Å². The lowest BCUT2D eigenvalue weighted by molar-refractivity contribution is 0.0619. The van der Waals surface area contributed by atoms with E-state index in [0.29, 0.717) is 30.2 Å². The number of para-hydroxylation sites is 1. The lowest BCUT2D eigenvalue weighted by Crippen LogP contribution is -2.48. The summed E-state index contributed by atoms with van der Waals surface area (Å²) in [6.45, 7) is 5.88. The molecule has 2 aromatic carbocycles. The predicted molar refractivity (Wildman–Crippen MR) is 130 cm³/mol. The Morgan fingerprint density at radius 2 is 1.71 bits per heavy atom. The maximum absolute atomic E-state index is 13.6. The number of aryl methyl sites for hydroxylation is 1. The summed E-state index contributed by atoms with van der Waals surface area (Å²) in [5.41, 5.74) is 3.19. The molecule has 1 fully saturated rings. The molecule has 0 saturated carbocycles. The SMILES string of the molecule is Cc1ccc(-c2cc(C(=O)N3CCN(Cc4ccc5c(c4)OCO5)CC3)n(-c3ccccc3)n2)o1. The van der Waals surface area contributed by atoms with E-state index < -0.39 is 0 Å². The van der Waals surface area contributed by atoms with E-state index >= 15 is 0 Å². The Hall–Kier alpha value is -4.04. The summed E-state index contributed by atoms with van der Waals surface area (Å²) in [5, 5.41) is 4.72. The monoisotopic (exact) mass is 470 g/mol. The standard InChI is InChI=1S/C27H26N4O4/c1-19-7-9-24(35-19)22-16-23(31(28-22)21-5-3-2-4-6-21)27(32)30-13-11-29(12-14-30)17-20-8-10-25-26(15-20)34-18-33-25/h2-10,15-16H,11-14,17-18H2,1H3. The first-order chi connectivity index (χ1) is 17.1. The fourth-order valence-electron chi connectivity index (χ4n) is 4.56. The van der Waals surface area contributed by atoms with E-state index in [1.807, 2.05) is 72.5 Å². The number of ether oxygens (including phenoxy) is 2. The van der Waals surface area contributed by atoms with Gasteiger partial charge in [0.1, 0.15) is 17.1 Å². The molecule has 0 spiro atoms. The number of benzene rings is 2. The molecule has 1 saturated heterocycles. The van der Waals surface area contributed by atoms with Gasteiger partial charge in [-0.2, -0.15) is 5.10 Å². The van der Waals surface area contributed by atoms with Gasteiger partial charge in [0.15, 0.2) is 17.3 Å². The van der Waals surface area contributed by atoms with Gasteiger partial charge in [-0.15, -0.1) is 0 Å². The smallest absolute Gasteiger partial charge is 0.272 e.